The fourth-order valence-corrected chi connectivity index (χ4v) is 3.47. The molecule has 0 aliphatic rings. The maximum atomic E-state index is 12.5. The maximum Gasteiger partial charge on any atom is 0.257 e. The zero-order valence-electron chi connectivity index (χ0n) is 17.8. The standard InChI is InChI=1S/C24H22BrN3O4S/c1-31-13-14-32-21-12-7-17(15-20(21)25)23(30)28-24(33)27-19-10-8-18(9-11-19)26-22(29)16-5-3-2-4-6-16/h2-12,15H,13-14H2,1H3,(H,26,29)(H2,27,28,30,33). The van der Waals surface area contributed by atoms with Crippen molar-refractivity contribution in [2.24, 2.45) is 0 Å². The predicted octanol–water partition coefficient (Wildman–Crippen LogP) is 4.85. The van der Waals surface area contributed by atoms with Crippen LogP contribution in [0.25, 0.3) is 0 Å². The predicted molar refractivity (Wildman–Crippen MR) is 136 cm³/mol. The molecule has 0 bridgehead atoms. The molecule has 33 heavy (non-hydrogen) atoms. The molecule has 0 spiro atoms. The molecule has 3 N–H and O–H groups in total. The van der Waals surface area contributed by atoms with Gasteiger partial charge in [0.25, 0.3) is 11.8 Å². The van der Waals surface area contributed by atoms with Crippen LogP contribution in [0.15, 0.2) is 77.3 Å². The Morgan fingerprint density at radius 2 is 1.52 bits per heavy atom. The van der Waals surface area contributed by atoms with Crippen LogP contribution in [0.1, 0.15) is 20.7 Å². The first-order valence-electron chi connectivity index (χ1n) is 9.96. The first kappa shape index (κ1) is 24.4. The van der Waals surface area contributed by atoms with Gasteiger partial charge in [-0.15, -0.1) is 0 Å². The van der Waals surface area contributed by atoms with E-state index in [4.69, 9.17) is 21.7 Å². The first-order chi connectivity index (χ1) is 16.0. The van der Waals surface area contributed by atoms with Crippen LogP contribution in [0.3, 0.4) is 0 Å². The molecule has 0 radical (unpaired) electrons. The van der Waals surface area contributed by atoms with E-state index < -0.39 is 0 Å². The molecule has 3 rings (SSSR count). The van der Waals surface area contributed by atoms with E-state index in [1.807, 2.05) is 6.07 Å². The van der Waals surface area contributed by atoms with Gasteiger partial charge >= 0.3 is 0 Å². The number of hydrogen-bond acceptors (Lipinski definition) is 5. The third-order valence-electron chi connectivity index (χ3n) is 4.40. The number of thiocarbonyl (C=S) groups is 1. The number of nitrogens with one attached hydrogen (secondary N) is 3. The minimum atomic E-state index is -0.358. The van der Waals surface area contributed by atoms with Gasteiger partial charge in [0.1, 0.15) is 12.4 Å². The van der Waals surface area contributed by atoms with Crippen LogP contribution in [0, 0.1) is 0 Å². The van der Waals surface area contributed by atoms with Crippen LogP contribution in [-0.2, 0) is 4.74 Å². The van der Waals surface area contributed by atoms with Gasteiger partial charge in [0.05, 0.1) is 11.1 Å². The summed E-state index contributed by atoms with van der Waals surface area (Å²) in [6, 6.07) is 20.9. The molecule has 0 heterocycles. The van der Waals surface area contributed by atoms with Crippen LogP contribution in [0.2, 0.25) is 0 Å². The van der Waals surface area contributed by atoms with E-state index in [2.05, 4.69) is 31.9 Å². The second kappa shape index (κ2) is 12.1. The Balaban J connectivity index is 1.52. The number of benzene rings is 3. The second-order valence-electron chi connectivity index (χ2n) is 6.79. The normalized spacial score (nSPS) is 10.2. The monoisotopic (exact) mass is 527 g/mol. The van der Waals surface area contributed by atoms with Crippen molar-refractivity contribution in [2.45, 2.75) is 0 Å². The maximum absolute atomic E-state index is 12.5. The van der Waals surface area contributed by atoms with Gasteiger partial charge in [-0.05, 0) is 82.7 Å². The highest BCUT2D eigenvalue weighted by atomic mass is 79.9. The molecule has 3 aromatic carbocycles. The number of halogens is 1. The molecule has 2 amide bonds. The van der Waals surface area contributed by atoms with E-state index in [-0.39, 0.29) is 16.9 Å². The lowest BCUT2D eigenvalue weighted by Crippen LogP contribution is -2.34. The van der Waals surface area contributed by atoms with Crippen molar-refractivity contribution < 1.29 is 19.1 Å². The Labute approximate surface area is 205 Å². The lowest BCUT2D eigenvalue weighted by molar-refractivity contribution is 0.0976. The summed E-state index contributed by atoms with van der Waals surface area (Å²) in [5, 5.41) is 8.57. The molecule has 0 unspecified atom stereocenters. The Kier molecular flexibility index (Phi) is 8.94. The highest BCUT2D eigenvalue weighted by molar-refractivity contribution is 9.10. The minimum absolute atomic E-state index is 0.151. The van der Waals surface area contributed by atoms with Gasteiger partial charge in [-0.3, -0.25) is 14.9 Å². The summed E-state index contributed by atoms with van der Waals surface area (Å²) in [4.78, 5) is 24.7. The average molecular weight is 528 g/mol. The third kappa shape index (κ3) is 7.38. The zero-order valence-corrected chi connectivity index (χ0v) is 20.2. The van der Waals surface area contributed by atoms with E-state index in [1.54, 1.807) is 73.8 Å². The first-order valence-corrected chi connectivity index (χ1v) is 11.2. The molecule has 0 saturated heterocycles. The molecule has 0 fully saturated rings. The fraction of sp³-hybridized carbons (Fsp3) is 0.125. The van der Waals surface area contributed by atoms with Crippen LogP contribution in [0.5, 0.6) is 5.75 Å². The molecular formula is C24H22BrN3O4S. The summed E-state index contributed by atoms with van der Waals surface area (Å²) in [5.74, 6) is 0.0625. The number of anilines is 2. The Morgan fingerprint density at radius 3 is 2.15 bits per heavy atom. The van der Waals surface area contributed by atoms with Gasteiger partial charge in [-0.25, -0.2) is 0 Å². The SMILES string of the molecule is COCCOc1ccc(C(=O)NC(=S)Nc2ccc(NC(=O)c3ccccc3)cc2)cc1Br. The molecule has 0 saturated carbocycles. The smallest absolute Gasteiger partial charge is 0.257 e. The summed E-state index contributed by atoms with van der Waals surface area (Å²) in [6.07, 6.45) is 0. The van der Waals surface area contributed by atoms with Crippen molar-refractivity contribution in [2.75, 3.05) is 31.0 Å². The topological polar surface area (TPSA) is 88.7 Å². The van der Waals surface area contributed by atoms with Crippen LogP contribution in [-0.4, -0.2) is 37.3 Å². The van der Waals surface area contributed by atoms with Crippen LogP contribution in [0.4, 0.5) is 11.4 Å². The Bertz CT molecular complexity index is 1120. The number of ether oxygens (including phenoxy) is 2. The minimum Gasteiger partial charge on any atom is -0.490 e. The van der Waals surface area contributed by atoms with Crippen molar-refractivity contribution in [3.8, 4) is 5.75 Å². The lowest BCUT2D eigenvalue weighted by atomic mass is 10.2. The highest BCUT2D eigenvalue weighted by Crippen LogP contribution is 2.26. The molecule has 3 aromatic rings. The Hall–Kier alpha value is -3.27. The van der Waals surface area contributed by atoms with Gasteiger partial charge in [-0.2, -0.15) is 0 Å². The van der Waals surface area contributed by atoms with Gasteiger partial charge in [0.15, 0.2) is 5.11 Å². The van der Waals surface area contributed by atoms with E-state index in [1.165, 1.54) is 0 Å². The third-order valence-corrected chi connectivity index (χ3v) is 5.23. The molecule has 0 aliphatic carbocycles. The average Bonchev–Trinajstić information content (AvgIpc) is 2.82. The number of carbonyl (C=O) groups excluding carboxylic acids is 2. The van der Waals surface area contributed by atoms with E-state index in [9.17, 15) is 9.59 Å². The van der Waals surface area contributed by atoms with E-state index in [0.29, 0.717) is 45.9 Å². The summed E-state index contributed by atoms with van der Waals surface area (Å²) in [6.45, 7) is 0.873. The molecule has 0 atom stereocenters. The number of hydrogen-bond donors (Lipinski definition) is 3. The highest BCUT2D eigenvalue weighted by Gasteiger charge is 2.11. The number of rotatable bonds is 8. The molecule has 0 aliphatic heterocycles. The molecular weight excluding hydrogens is 506 g/mol. The van der Waals surface area contributed by atoms with Gasteiger partial charge in [0.2, 0.25) is 0 Å². The number of methoxy groups -OCH3 is 1. The summed E-state index contributed by atoms with van der Waals surface area (Å²) in [7, 11) is 1.60. The van der Waals surface area contributed by atoms with Gasteiger partial charge < -0.3 is 20.1 Å². The largest absolute Gasteiger partial charge is 0.490 e. The van der Waals surface area contributed by atoms with Crippen molar-refractivity contribution in [1.82, 2.24) is 5.32 Å². The van der Waals surface area contributed by atoms with Crippen molar-refractivity contribution in [1.29, 1.82) is 0 Å². The van der Waals surface area contributed by atoms with Gasteiger partial charge in [0, 0.05) is 29.6 Å². The molecule has 170 valence electrons. The Morgan fingerprint density at radius 1 is 0.848 bits per heavy atom. The van der Waals surface area contributed by atoms with E-state index >= 15 is 0 Å². The second-order valence-corrected chi connectivity index (χ2v) is 8.05. The molecule has 0 aromatic heterocycles. The van der Waals surface area contributed by atoms with Gasteiger partial charge in [-0.1, -0.05) is 18.2 Å². The quantitative estimate of drug-likeness (QED) is 0.286. The van der Waals surface area contributed by atoms with Crippen LogP contribution < -0.4 is 20.7 Å². The summed E-state index contributed by atoms with van der Waals surface area (Å²) >= 11 is 8.65. The van der Waals surface area contributed by atoms with Crippen molar-refractivity contribution in [3.05, 3.63) is 88.4 Å². The number of amides is 2. The van der Waals surface area contributed by atoms with E-state index in [0.717, 1.165) is 0 Å². The summed E-state index contributed by atoms with van der Waals surface area (Å²) in [5.41, 5.74) is 2.30. The lowest BCUT2D eigenvalue weighted by Gasteiger charge is -2.12. The van der Waals surface area contributed by atoms with Crippen molar-refractivity contribution in [3.63, 3.8) is 0 Å². The zero-order chi connectivity index (χ0) is 23.6. The molecule has 9 heteroatoms. The number of carbonyl (C=O) groups is 2. The summed E-state index contributed by atoms with van der Waals surface area (Å²) < 4.78 is 11.2. The fourth-order valence-electron chi connectivity index (χ4n) is 2.76. The molecule has 7 nitrogen and oxygen atoms in total. The van der Waals surface area contributed by atoms with Crippen LogP contribution >= 0.6 is 28.1 Å². The van der Waals surface area contributed by atoms with Crippen molar-refractivity contribution >= 4 is 56.4 Å².